The summed E-state index contributed by atoms with van der Waals surface area (Å²) in [6.45, 7) is 4.12. The Labute approximate surface area is 183 Å². The number of piperidine rings is 1. The molecule has 1 aliphatic heterocycles. The molecule has 2 fully saturated rings. The summed E-state index contributed by atoms with van der Waals surface area (Å²) in [5.41, 5.74) is 7.14. The molecule has 1 aliphatic carbocycles. The van der Waals surface area contributed by atoms with Crippen LogP contribution in [0.2, 0.25) is 0 Å². The van der Waals surface area contributed by atoms with Gasteiger partial charge in [0.25, 0.3) is 5.91 Å². The van der Waals surface area contributed by atoms with Crippen molar-refractivity contribution in [3.8, 4) is 5.75 Å². The van der Waals surface area contributed by atoms with E-state index in [1.807, 2.05) is 31.2 Å². The lowest BCUT2D eigenvalue weighted by Crippen LogP contribution is -2.48. The van der Waals surface area contributed by atoms with Crippen molar-refractivity contribution in [2.75, 3.05) is 32.8 Å². The third kappa shape index (κ3) is 7.99. The van der Waals surface area contributed by atoms with E-state index < -0.39 is 0 Å². The van der Waals surface area contributed by atoms with Gasteiger partial charge in [-0.1, -0.05) is 12.1 Å². The Morgan fingerprint density at radius 1 is 1.10 bits per heavy atom. The normalized spacial score (nSPS) is 17.2. The van der Waals surface area contributed by atoms with Gasteiger partial charge in [-0.05, 0) is 56.7 Å². The molecule has 170 valence electrons. The highest BCUT2D eigenvalue weighted by Gasteiger charge is 2.24. The van der Waals surface area contributed by atoms with Crippen molar-refractivity contribution in [1.82, 2.24) is 15.5 Å². The Hall–Kier alpha value is -2.97. The van der Waals surface area contributed by atoms with E-state index >= 15 is 0 Å². The molecule has 1 aromatic carbocycles. The van der Waals surface area contributed by atoms with Crippen LogP contribution in [0.3, 0.4) is 0 Å². The van der Waals surface area contributed by atoms with Gasteiger partial charge in [-0.15, -0.1) is 0 Å². The maximum atomic E-state index is 11.7. The number of rotatable bonds is 9. The van der Waals surface area contributed by atoms with Crippen LogP contribution in [-0.4, -0.2) is 67.8 Å². The third-order valence-electron chi connectivity index (χ3n) is 5.29. The first-order valence-corrected chi connectivity index (χ1v) is 11.0. The maximum Gasteiger partial charge on any atom is 0.409 e. The number of nitrogens with zero attached hydrogens (tertiary/aromatic N) is 2. The van der Waals surface area contributed by atoms with Crippen LogP contribution in [0.15, 0.2) is 29.3 Å². The van der Waals surface area contributed by atoms with Crippen molar-refractivity contribution in [3.63, 3.8) is 0 Å². The van der Waals surface area contributed by atoms with Crippen LogP contribution in [0.5, 0.6) is 5.75 Å². The average Bonchev–Trinajstić information content (AvgIpc) is 3.58. The SMILES string of the molecule is CCOC(=O)N1CCC(NC(N)=NCCc2ccc(OCC(=O)NC3CC3)cc2)CC1. The van der Waals surface area contributed by atoms with Crippen LogP contribution in [0.25, 0.3) is 0 Å². The van der Waals surface area contributed by atoms with Gasteiger partial charge in [-0.25, -0.2) is 4.79 Å². The highest BCUT2D eigenvalue weighted by atomic mass is 16.6. The molecule has 1 heterocycles. The Balaban J connectivity index is 1.32. The summed E-state index contributed by atoms with van der Waals surface area (Å²) in [7, 11) is 0. The molecule has 2 aliphatic rings. The van der Waals surface area contributed by atoms with Gasteiger partial charge in [-0.3, -0.25) is 9.79 Å². The largest absolute Gasteiger partial charge is 0.484 e. The quantitative estimate of drug-likeness (QED) is 0.402. The van der Waals surface area contributed by atoms with Crippen LogP contribution < -0.4 is 21.1 Å². The molecule has 1 saturated carbocycles. The van der Waals surface area contributed by atoms with E-state index in [-0.39, 0.29) is 24.6 Å². The molecule has 3 rings (SSSR count). The highest BCUT2D eigenvalue weighted by Crippen LogP contribution is 2.18. The molecule has 1 aromatic rings. The third-order valence-corrected chi connectivity index (χ3v) is 5.29. The van der Waals surface area contributed by atoms with Crippen molar-refractivity contribution >= 4 is 18.0 Å². The standard InChI is InChI=1S/C22H33N5O4/c1-2-30-22(29)27-13-10-18(11-14-27)26-21(23)24-12-9-16-3-7-19(8-4-16)31-15-20(28)25-17-5-6-17/h3-4,7-8,17-18H,2,5-6,9-15H2,1H3,(H,25,28)(H3,23,24,26). The highest BCUT2D eigenvalue weighted by molar-refractivity contribution is 5.78. The van der Waals surface area contributed by atoms with Crippen molar-refractivity contribution in [2.45, 2.75) is 51.1 Å². The van der Waals surface area contributed by atoms with Crippen molar-refractivity contribution in [1.29, 1.82) is 0 Å². The zero-order chi connectivity index (χ0) is 22.1. The molecule has 4 N–H and O–H groups in total. The summed E-state index contributed by atoms with van der Waals surface area (Å²) in [6.07, 6.45) is 4.27. The maximum absolute atomic E-state index is 11.7. The number of carbonyl (C=O) groups excluding carboxylic acids is 2. The Kier molecular flexibility index (Phi) is 8.37. The van der Waals surface area contributed by atoms with Crippen LogP contribution in [-0.2, 0) is 16.0 Å². The van der Waals surface area contributed by atoms with E-state index in [2.05, 4.69) is 15.6 Å². The van der Waals surface area contributed by atoms with E-state index in [1.54, 1.807) is 4.90 Å². The number of ether oxygens (including phenoxy) is 2. The Morgan fingerprint density at radius 3 is 2.42 bits per heavy atom. The molecule has 2 amide bonds. The zero-order valence-electron chi connectivity index (χ0n) is 18.1. The zero-order valence-corrected chi connectivity index (χ0v) is 18.1. The number of carbonyl (C=O) groups is 2. The number of amides is 2. The fourth-order valence-electron chi connectivity index (χ4n) is 3.38. The molecule has 0 bridgehead atoms. The lowest BCUT2D eigenvalue weighted by molar-refractivity contribution is -0.123. The van der Waals surface area contributed by atoms with Gasteiger partial charge in [0, 0.05) is 31.7 Å². The lowest BCUT2D eigenvalue weighted by atomic mass is 10.1. The summed E-state index contributed by atoms with van der Waals surface area (Å²) >= 11 is 0. The number of hydrogen-bond donors (Lipinski definition) is 3. The average molecular weight is 432 g/mol. The minimum absolute atomic E-state index is 0.0427. The van der Waals surface area contributed by atoms with E-state index in [4.69, 9.17) is 15.2 Å². The topological polar surface area (TPSA) is 118 Å². The number of nitrogens with two attached hydrogens (primary N) is 1. The van der Waals surface area contributed by atoms with Gasteiger partial charge in [0.2, 0.25) is 0 Å². The molecule has 31 heavy (non-hydrogen) atoms. The minimum atomic E-state index is -0.250. The van der Waals surface area contributed by atoms with Crippen molar-refractivity contribution in [3.05, 3.63) is 29.8 Å². The summed E-state index contributed by atoms with van der Waals surface area (Å²) in [6, 6.07) is 8.22. The second-order valence-corrected chi connectivity index (χ2v) is 7.90. The number of benzene rings is 1. The smallest absolute Gasteiger partial charge is 0.409 e. The molecule has 1 saturated heterocycles. The molecule has 9 nitrogen and oxygen atoms in total. The van der Waals surface area contributed by atoms with Crippen LogP contribution in [0.4, 0.5) is 4.79 Å². The van der Waals surface area contributed by atoms with E-state index in [0.29, 0.717) is 44.0 Å². The second-order valence-electron chi connectivity index (χ2n) is 7.90. The van der Waals surface area contributed by atoms with Gasteiger partial charge >= 0.3 is 6.09 Å². The van der Waals surface area contributed by atoms with Gasteiger partial charge in [-0.2, -0.15) is 0 Å². The van der Waals surface area contributed by atoms with Crippen LogP contribution in [0, 0.1) is 0 Å². The first-order valence-electron chi connectivity index (χ1n) is 11.0. The Morgan fingerprint density at radius 2 is 1.77 bits per heavy atom. The summed E-state index contributed by atoms with van der Waals surface area (Å²) in [5.74, 6) is 1.03. The van der Waals surface area contributed by atoms with Crippen molar-refractivity contribution in [2.24, 2.45) is 10.7 Å². The van der Waals surface area contributed by atoms with E-state index in [0.717, 1.165) is 37.7 Å². The predicted octanol–water partition coefficient (Wildman–Crippen LogP) is 1.41. The minimum Gasteiger partial charge on any atom is -0.484 e. The van der Waals surface area contributed by atoms with Gasteiger partial charge in [0.05, 0.1) is 6.61 Å². The second kappa shape index (κ2) is 11.4. The first kappa shape index (κ1) is 22.7. The summed E-state index contributed by atoms with van der Waals surface area (Å²) < 4.78 is 10.5. The first-order chi connectivity index (χ1) is 15.0. The summed E-state index contributed by atoms with van der Waals surface area (Å²) in [4.78, 5) is 29.5. The Bertz CT molecular complexity index is 756. The lowest BCUT2D eigenvalue weighted by Gasteiger charge is -2.31. The molecule has 0 aromatic heterocycles. The number of guanidine groups is 1. The van der Waals surface area contributed by atoms with E-state index in [9.17, 15) is 9.59 Å². The molecule has 0 atom stereocenters. The van der Waals surface area contributed by atoms with Gasteiger partial charge < -0.3 is 30.7 Å². The molecule has 0 spiro atoms. The van der Waals surface area contributed by atoms with Crippen LogP contribution in [0.1, 0.15) is 38.2 Å². The van der Waals surface area contributed by atoms with E-state index in [1.165, 1.54) is 0 Å². The van der Waals surface area contributed by atoms with Crippen molar-refractivity contribution < 1.29 is 19.1 Å². The number of hydrogen-bond acceptors (Lipinski definition) is 5. The van der Waals surface area contributed by atoms with Crippen LogP contribution >= 0.6 is 0 Å². The molecule has 9 heteroatoms. The molecular weight excluding hydrogens is 398 g/mol. The van der Waals surface area contributed by atoms with Gasteiger partial charge in [0.1, 0.15) is 5.75 Å². The molecule has 0 radical (unpaired) electrons. The molecular formula is C22H33N5O4. The number of aliphatic imine (C=N–C) groups is 1. The molecule has 0 unspecified atom stereocenters. The number of nitrogens with one attached hydrogen (secondary N) is 2. The fraction of sp³-hybridized carbons (Fsp3) is 0.591. The monoisotopic (exact) mass is 431 g/mol. The fourth-order valence-corrected chi connectivity index (χ4v) is 3.38. The predicted molar refractivity (Wildman–Crippen MR) is 118 cm³/mol. The number of likely N-dealkylation sites (tertiary alicyclic amines) is 1. The van der Waals surface area contributed by atoms with Gasteiger partial charge in [0.15, 0.2) is 12.6 Å². The summed E-state index contributed by atoms with van der Waals surface area (Å²) in [5, 5.41) is 6.14.